The number of hydrogen-bond acceptors (Lipinski definition) is 2. The first kappa shape index (κ1) is 12.5. The van der Waals surface area contributed by atoms with Crippen LogP contribution in [0, 0.1) is 3.57 Å². The second kappa shape index (κ2) is 6.85. The van der Waals surface area contributed by atoms with Crippen molar-refractivity contribution in [2.75, 3.05) is 19.7 Å². The van der Waals surface area contributed by atoms with E-state index in [9.17, 15) is 0 Å². The molecule has 0 aliphatic heterocycles. The van der Waals surface area contributed by atoms with Crippen molar-refractivity contribution in [1.29, 1.82) is 0 Å². The monoisotopic (exact) mass is 317 g/mol. The van der Waals surface area contributed by atoms with E-state index >= 15 is 0 Å². The zero-order valence-corrected chi connectivity index (χ0v) is 11.1. The maximum Gasteiger partial charge on any atom is 0.119 e. The molecule has 0 amide bonds. The van der Waals surface area contributed by atoms with Gasteiger partial charge in [-0.3, -0.25) is 0 Å². The van der Waals surface area contributed by atoms with Crippen LogP contribution >= 0.6 is 22.6 Å². The van der Waals surface area contributed by atoms with Gasteiger partial charge in [0, 0.05) is 10.1 Å². The van der Waals surface area contributed by atoms with E-state index in [1.165, 1.54) is 3.57 Å². The second-order valence-corrected chi connectivity index (χ2v) is 4.52. The van der Waals surface area contributed by atoms with Gasteiger partial charge in [-0.05, 0) is 59.0 Å². The number of hydrogen-bond donors (Lipinski definition) is 1. The van der Waals surface area contributed by atoms with Crippen molar-refractivity contribution >= 4 is 22.6 Å². The number of halogens is 1. The highest BCUT2D eigenvalue weighted by Gasteiger charge is 1.96. The molecule has 1 rings (SSSR count). The van der Waals surface area contributed by atoms with Gasteiger partial charge >= 0.3 is 0 Å². The maximum absolute atomic E-state index is 5.58. The molecule has 0 saturated carbocycles. The fourth-order valence-electron chi connectivity index (χ4n) is 1.07. The van der Waals surface area contributed by atoms with E-state index in [0.29, 0.717) is 6.61 Å². The van der Waals surface area contributed by atoms with Crippen molar-refractivity contribution in [1.82, 2.24) is 5.32 Å². The van der Waals surface area contributed by atoms with Crippen LogP contribution < -0.4 is 10.1 Å². The van der Waals surface area contributed by atoms with Crippen molar-refractivity contribution in [2.45, 2.75) is 6.92 Å². The van der Waals surface area contributed by atoms with Crippen LogP contribution in [0.3, 0.4) is 0 Å². The molecule has 0 spiro atoms. The van der Waals surface area contributed by atoms with Gasteiger partial charge in [-0.25, -0.2) is 0 Å². The third-order valence-corrected chi connectivity index (χ3v) is 2.60. The summed E-state index contributed by atoms with van der Waals surface area (Å²) in [6.45, 7) is 8.37. The Kier molecular flexibility index (Phi) is 5.71. The molecule has 0 atom stereocenters. The summed E-state index contributed by atoms with van der Waals surface area (Å²) < 4.78 is 6.79. The van der Waals surface area contributed by atoms with E-state index < -0.39 is 0 Å². The predicted molar refractivity (Wildman–Crippen MR) is 72.3 cm³/mol. The van der Waals surface area contributed by atoms with Crippen LogP contribution in [0.15, 0.2) is 36.4 Å². The molecule has 3 heteroatoms. The molecule has 0 radical (unpaired) electrons. The van der Waals surface area contributed by atoms with E-state index in [1.807, 2.05) is 24.3 Å². The van der Waals surface area contributed by atoms with Crippen molar-refractivity contribution < 1.29 is 4.74 Å². The quantitative estimate of drug-likeness (QED) is 0.643. The number of benzene rings is 1. The summed E-state index contributed by atoms with van der Waals surface area (Å²) >= 11 is 2.27. The van der Waals surface area contributed by atoms with Gasteiger partial charge in [0.2, 0.25) is 0 Å². The van der Waals surface area contributed by atoms with Crippen molar-refractivity contribution in [2.24, 2.45) is 0 Å². The van der Waals surface area contributed by atoms with Gasteiger partial charge in [0.15, 0.2) is 0 Å². The second-order valence-electron chi connectivity index (χ2n) is 3.27. The molecular formula is C12H16INO. The van der Waals surface area contributed by atoms with Crippen LogP contribution in [0.4, 0.5) is 0 Å². The minimum atomic E-state index is 0.577. The Balaban J connectivity index is 2.30. The summed E-state index contributed by atoms with van der Waals surface area (Å²) in [4.78, 5) is 0. The van der Waals surface area contributed by atoms with Crippen molar-refractivity contribution in [3.8, 4) is 5.75 Å². The number of ether oxygens (including phenoxy) is 1. The Hall–Kier alpha value is -0.550. The first-order valence-electron chi connectivity index (χ1n) is 4.98. The smallest absolute Gasteiger partial charge is 0.119 e. The van der Waals surface area contributed by atoms with Gasteiger partial charge in [-0.2, -0.15) is 0 Å². The van der Waals surface area contributed by atoms with Crippen molar-refractivity contribution in [3.63, 3.8) is 0 Å². The Morgan fingerprint density at radius 2 is 2.07 bits per heavy atom. The lowest BCUT2D eigenvalue weighted by atomic mass is 10.3. The Morgan fingerprint density at radius 3 is 2.67 bits per heavy atom. The fraction of sp³-hybridized carbons (Fsp3) is 0.333. The molecule has 0 saturated heterocycles. The topological polar surface area (TPSA) is 21.3 Å². The lowest BCUT2D eigenvalue weighted by Gasteiger charge is -2.08. The van der Waals surface area contributed by atoms with E-state index in [-0.39, 0.29) is 0 Å². The summed E-state index contributed by atoms with van der Waals surface area (Å²) in [7, 11) is 0. The molecule has 0 aromatic heterocycles. The van der Waals surface area contributed by atoms with E-state index in [1.54, 1.807) is 0 Å². The summed E-state index contributed by atoms with van der Waals surface area (Å²) in [5.41, 5.74) is 1.07. The van der Waals surface area contributed by atoms with Gasteiger partial charge in [-0.1, -0.05) is 13.5 Å². The summed E-state index contributed by atoms with van der Waals surface area (Å²) in [5.74, 6) is 0.896. The van der Waals surface area contributed by atoms with E-state index in [4.69, 9.17) is 4.74 Å². The third kappa shape index (κ3) is 5.18. The van der Waals surface area contributed by atoms with Gasteiger partial charge in [0.1, 0.15) is 12.4 Å². The van der Waals surface area contributed by atoms with Gasteiger partial charge in [0.05, 0.1) is 0 Å². The SMILES string of the molecule is C=C(CNCC)COc1ccc(I)cc1. The minimum Gasteiger partial charge on any atom is -0.489 e. The molecule has 0 fully saturated rings. The average Bonchev–Trinajstić information content (AvgIpc) is 2.25. The van der Waals surface area contributed by atoms with E-state index in [0.717, 1.165) is 24.4 Å². The number of rotatable bonds is 6. The Morgan fingerprint density at radius 1 is 1.40 bits per heavy atom. The van der Waals surface area contributed by atoms with Crippen LogP contribution in [0.2, 0.25) is 0 Å². The largest absolute Gasteiger partial charge is 0.489 e. The summed E-state index contributed by atoms with van der Waals surface area (Å²) in [5, 5.41) is 3.21. The van der Waals surface area contributed by atoms with E-state index in [2.05, 4.69) is 41.4 Å². The molecule has 1 N–H and O–H groups in total. The number of likely N-dealkylation sites (N-methyl/N-ethyl adjacent to an activating group) is 1. The molecule has 0 aliphatic rings. The Bertz CT molecular complexity index is 308. The number of nitrogens with one attached hydrogen (secondary N) is 1. The highest BCUT2D eigenvalue weighted by atomic mass is 127. The molecule has 2 nitrogen and oxygen atoms in total. The molecule has 1 aromatic carbocycles. The summed E-state index contributed by atoms with van der Waals surface area (Å²) in [6, 6.07) is 8.01. The maximum atomic E-state index is 5.58. The van der Waals surface area contributed by atoms with Crippen LogP contribution in [0.5, 0.6) is 5.75 Å². The lowest BCUT2D eigenvalue weighted by molar-refractivity contribution is 0.348. The fourth-order valence-corrected chi connectivity index (χ4v) is 1.43. The molecule has 0 heterocycles. The normalized spacial score (nSPS) is 10.0. The first-order valence-corrected chi connectivity index (χ1v) is 6.06. The van der Waals surface area contributed by atoms with Crippen LogP contribution in [0.1, 0.15) is 6.92 Å². The predicted octanol–water partition coefficient (Wildman–Crippen LogP) is 2.84. The average molecular weight is 317 g/mol. The minimum absolute atomic E-state index is 0.577. The highest BCUT2D eigenvalue weighted by Crippen LogP contribution is 2.13. The molecule has 0 aliphatic carbocycles. The third-order valence-electron chi connectivity index (χ3n) is 1.88. The molecule has 82 valence electrons. The highest BCUT2D eigenvalue weighted by molar-refractivity contribution is 14.1. The molecular weight excluding hydrogens is 301 g/mol. The zero-order chi connectivity index (χ0) is 11.1. The van der Waals surface area contributed by atoms with Gasteiger partial charge < -0.3 is 10.1 Å². The summed E-state index contributed by atoms with van der Waals surface area (Å²) in [6.07, 6.45) is 0. The zero-order valence-electron chi connectivity index (χ0n) is 8.92. The van der Waals surface area contributed by atoms with Crippen LogP contribution in [-0.2, 0) is 0 Å². The van der Waals surface area contributed by atoms with Gasteiger partial charge in [0.25, 0.3) is 0 Å². The molecule has 15 heavy (non-hydrogen) atoms. The lowest BCUT2D eigenvalue weighted by Crippen LogP contribution is -2.18. The van der Waals surface area contributed by atoms with Crippen LogP contribution in [-0.4, -0.2) is 19.7 Å². The molecule has 1 aromatic rings. The molecule has 0 bridgehead atoms. The standard InChI is InChI=1S/C12H16INO/c1-3-14-8-10(2)9-15-12-6-4-11(13)5-7-12/h4-7,14H,2-3,8-9H2,1H3. The Labute approximate surface area is 105 Å². The van der Waals surface area contributed by atoms with Crippen molar-refractivity contribution in [3.05, 3.63) is 40.0 Å². The molecule has 0 unspecified atom stereocenters. The van der Waals surface area contributed by atoms with Gasteiger partial charge in [-0.15, -0.1) is 0 Å². The van der Waals surface area contributed by atoms with Crippen LogP contribution in [0.25, 0.3) is 0 Å². The first-order chi connectivity index (χ1) is 7.22.